The van der Waals surface area contributed by atoms with Crippen LogP contribution < -0.4 is 0 Å². The van der Waals surface area contributed by atoms with Gasteiger partial charge in [-0.1, -0.05) is 48.8 Å². The van der Waals surface area contributed by atoms with Gasteiger partial charge in [-0.15, -0.1) is 0 Å². The fourth-order valence-corrected chi connectivity index (χ4v) is 2.30. The lowest BCUT2D eigenvalue weighted by Gasteiger charge is -2.42. The van der Waals surface area contributed by atoms with Gasteiger partial charge in [0, 0.05) is 29.7 Å². The Kier molecular flexibility index (Phi) is 4.16. The number of rotatable bonds is 3. The van der Waals surface area contributed by atoms with Crippen LogP contribution in [0.1, 0.15) is 26.3 Å². The molecule has 1 rings (SSSR count). The first-order valence-electron chi connectivity index (χ1n) is 5.24. The smallest absolute Gasteiger partial charge is 0.199 e. The summed E-state index contributed by atoms with van der Waals surface area (Å²) in [6, 6.07) is 8.02. The summed E-state index contributed by atoms with van der Waals surface area (Å²) in [6.45, 7) is 6.30. The first-order chi connectivity index (χ1) is 7.37. The van der Waals surface area contributed by atoms with E-state index >= 15 is 0 Å². The molecular formula is C13H19BrO2. The van der Waals surface area contributed by atoms with Gasteiger partial charge < -0.3 is 9.47 Å². The number of benzene rings is 1. The lowest BCUT2D eigenvalue weighted by atomic mass is 9.80. The van der Waals surface area contributed by atoms with Crippen LogP contribution in [-0.4, -0.2) is 14.2 Å². The van der Waals surface area contributed by atoms with Crippen LogP contribution in [0.2, 0.25) is 0 Å². The molecule has 3 heteroatoms. The molecule has 0 atom stereocenters. The van der Waals surface area contributed by atoms with E-state index in [0.29, 0.717) is 0 Å². The topological polar surface area (TPSA) is 18.5 Å². The predicted molar refractivity (Wildman–Crippen MR) is 69.3 cm³/mol. The highest BCUT2D eigenvalue weighted by Gasteiger charge is 2.44. The maximum absolute atomic E-state index is 5.64. The zero-order valence-electron chi connectivity index (χ0n) is 10.5. The Hall–Kier alpha value is -0.380. The van der Waals surface area contributed by atoms with E-state index in [9.17, 15) is 0 Å². The van der Waals surface area contributed by atoms with Crippen molar-refractivity contribution in [2.45, 2.75) is 26.6 Å². The van der Waals surface area contributed by atoms with E-state index in [1.54, 1.807) is 14.2 Å². The van der Waals surface area contributed by atoms with Crippen molar-refractivity contribution in [2.75, 3.05) is 14.2 Å². The van der Waals surface area contributed by atoms with E-state index in [0.717, 1.165) is 10.0 Å². The van der Waals surface area contributed by atoms with Crippen LogP contribution in [0, 0.1) is 5.41 Å². The minimum absolute atomic E-state index is 0.148. The number of hydrogen-bond acceptors (Lipinski definition) is 2. The van der Waals surface area contributed by atoms with Crippen molar-refractivity contribution in [3.05, 3.63) is 34.3 Å². The van der Waals surface area contributed by atoms with Crippen molar-refractivity contribution < 1.29 is 9.47 Å². The SMILES string of the molecule is COC(OC)(c1ccc(Br)cc1)C(C)(C)C. The summed E-state index contributed by atoms with van der Waals surface area (Å²) < 4.78 is 12.3. The molecule has 0 saturated carbocycles. The Morgan fingerprint density at radius 3 is 1.69 bits per heavy atom. The largest absolute Gasteiger partial charge is 0.349 e. The van der Waals surface area contributed by atoms with Gasteiger partial charge in [0.1, 0.15) is 0 Å². The Labute approximate surface area is 106 Å². The molecule has 0 radical (unpaired) electrons. The molecule has 0 N–H and O–H groups in total. The molecular weight excluding hydrogens is 268 g/mol. The quantitative estimate of drug-likeness (QED) is 0.784. The number of halogens is 1. The van der Waals surface area contributed by atoms with E-state index in [1.165, 1.54) is 0 Å². The van der Waals surface area contributed by atoms with E-state index in [-0.39, 0.29) is 5.41 Å². The minimum Gasteiger partial charge on any atom is -0.349 e. The summed E-state index contributed by atoms with van der Waals surface area (Å²) in [4.78, 5) is 0. The maximum atomic E-state index is 5.64. The molecule has 1 aromatic carbocycles. The molecule has 0 aliphatic carbocycles. The van der Waals surface area contributed by atoms with Crippen molar-refractivity contribution in [2.24, 2.45) is 5.41 Å². The highest BCUT2D eigenvalue weighted by Crippen LogP contribution is 2.42. The van der Waals surface area contributed by atoms with Crippen LogP contribution in [0.25, 0.3) is 0 Å². The summed E-state index contributed by atoms with van der Waals surface area (Å²) in [7, 11) is 3.35. The Morgan fingerprint density at radius 2 is 1.38 bits per heavy atom. The van der Waals surface area contributed by atoms with Gasteiger partial charge in [-0.2, -0.15) is 0 Å². The summed E-state index contributed by atoms with van der Waals surface area (Å²) in [6.07, 6.45) is 0. The normalized spacial score (nSPS) is 12.9. The number of methoxy groups -OCH3 is 2. The molecule has 0 aliphatic rings. The Balaban J connectivity index is 3.26. The molecule has 0 aliphatic heterocycles. The van der Waals surface area contributed by atoms with Gasteiger partial charge in [-0.05, 0) is 12.1 Å². The molecule has 16 heavy (non-hydrogen) atoms. The Bertz CT molecular complexity index is 334. The monoisotopic (exact) mass is 286 g/mol. The first kappa shape index (κ1) is 13.7. The first-order valence-corrected chi connectivity index (χ1v) is 6.03. The molecule has 1 aromatic rings. The highest BCUT2D eigenvalue weighted by atomic mass is 79.9. The lowest BCUT2D eigenvalue weighted by molar-refractivity contribution is -0.274. The molecule has 0 amide bonds. The Morgan fingerprint density at radius 1 is 0.938 bits per heavy atom. The summed E-state index contributed by atoms with van der Waals surface area (Å²) in [5.41, 5.74) is 0.873. The van der Waals surface area contributed by atoms with Crippen LogP contribution in [0.5, 0.6) is 0 Å². The summed E-state index contributed by atoms with van der Waals surface area (Å²) in [5, 5.41) is 0. The fraction of sp³-hybridized carbons (Fsp3) is 0.538. The van der Waals surface area contributed by atoms with Crippen molar-refractivity contribution >= 4 is 15.9 Å². The second-order valence-electron chi connectivity index (χ2n) is 4.78. The van der Waals surface area contributed by atoms with Gasteiger partial charge in [0.25, 0.3) is 0 Å². The van der Waals surface area contributed by atoms with Crippen molar-refractivity contribution in [3.63, 3.8) is 0 Å². The molecule has 2 nitrogen and oxygen atoms in total. The average Bonchev–Trinajstić information content (AvgIpc) is 2.21. The van der Waals surface area contributed by atoms with E-state index < -0.39 is 5.79 Å². The van der Waals surface area contributed by atoms with E-state index in [4.69, 9.17) is 9.47 Å². The standard InChI is InChI=1S/C13H19BrO2/c1-12(2,3)13(15-4,16-5)10-6-8-11(14)9-7-10/h6-9H,1-5H3. The van der Waals surface area contributed by atoms with Crippen molar-refractivity contribution in [3.8, 4) is 0 Å². The molecule has 0 unspecified atom stereocenters. The third-order valence-corrected chi connectivity index (χ3v) is 3.32. The summed E-state index contributed by atoms with van der Waals surface area (Å²) in [5.74, 6) is -0.715. The van der Waals surface area contributed by atoms with Crippen LogP contribution >= 0.6 is 15.9 Å². The minimum atomic E-state index is -0.715. The molecule has 0 saturated heterocycles. The molecule has 0 bridgehead atoms. The fourth-order valence-electron chi connectivity index (χ4n) is 2.03. The second-order valence-corrected chi connectivity index (χ2v) is 5.70. The van der Waals surface area contributed by atoms with Gasteiger partial charge in [0.15, 0.2) is 5.79 Å². The van der Waals surface area contributed by atoms with Gasteiger partial charge in [0.2, 0.25) is 0 Å². The van der Waals surface area contributed by atoms with Crippen LogP contribution in [0.15, 0.2) is 28.7 Å². The summed E-state index contributed by atoms with van der Waals surface area (Å²) >= 11 is 3.42. The maximum Gasteiger partial charge on any atom is 0.199 e. The highest BCUT2D eigenvalue weighted by molar-refractivity contribution is 9.10. The predicted octanol–water partition coefficient (Wildman–Crippen LogP) is 3.94. The van der Waals surface area contributed by atoms with Gasteiger partial charge in [-0.25, -0.2) is 0 Å². The van der Waals surface area contributed by atoms with E-state index in [1.807, 2.05) is 24.3 Å². The van der Waals surface area contributed by atoms with Crippen LogP contribution in [0.4, 0.5) is 0 Å². The third-order valence-electron chi connectivity index (χ3n) is 2.79. The zero-order valence-corrected chi connectivity index (χ0v) is 12.1. The molecule has 90 valence electrons. The third kappa shape index (κ3) is 2.31. The average molecular weight is 287 g/mol. The molecule has 0 aromatic heterocycles. The number of ether oxygens (including phenoxy) is 2. The van der Waals surface area contributed by atoms with Gasteiger partial charge in [-0.3, -0.25) is 0 Å². The van der Waals surface area contributed by atoms with Gasteiger partial charge >= 0.3 is 0 Å². The molecule has 0 fully saturated rings. The van der Waals surface area contributed by atoms with Crippen molar-refractivity contribution in [1.82, 2.24) is 0 Å². The van der Waals surface area contributed by atoms with E-state index in [2.05, 4.69) is 36.7 Å². The zero-order chi connectivity index (χ0) is 12.4. The van der Waals surface area contributed by atoms with Crippen LogP contribution in [-0.2, 0) is 15.3 Å². The molecule has 0 heterocycles. The van der Waals surface area contributed by atoms with Crippen molar-refractivity contribution in [1.29, 1.82) is 0 Å². The second kappa shape index (κ2) is 4.86. The van der Waals surface area contributed by atoms with Gasteiger partial charge in [0.05, 0.1) is 0 Å². The number of hydrogen-bond donors (Lipinski definition) is 0. The lowest BCUT2D eigenvalue weighted by Crippen LogP contribution is -2.43. The molecule has 0 spiro atoms. The van der Waals surface area contributed by atoms with Crippen LogP contribution in [0.3, 0.4) is 0 Å².